The highest BCUT2D eigenvalue weighted by atomic mass is 16.7. The lowest BCUT2D eigenvalue weighted by molar-refractivity contribution is -0.302. The maximum atomic E-state index is 13.0. The van der Waals surface area contributed by atoms with E-state index in [9.17, 15) is 35.1 Å². The van der Waals surface area contributed by atoms with Crippen LogP contribution in [0.4, 0.5) is 0 Å². The standard InChI is InChI=1S/C69H123NO10/c1-3-5-7-9-11-13-14-15-34-37-41-45-49-53-57-65(74)78-58-54-50-46-42-38-35-32-30-28-26-24-22-20-18-16-17-19-21-23-25-27-29-31-33-36-40-44-48-52-56-64(73)70-61(62(72)55-51-47-43-39-12-10-8-6-4-2)60-79-69-68(77)67(76)66(75)63(59-71)80-69/h9,11-12,14-16,18,22,24,39,51,55,61-63,66-69,71-72,75-77H,3-8,10,13,17,19-21,23,25-38,40-50,52-54,56-60H2,1-2H3,(H,70,73)/b11-9-,15-14-,18-16-,24-22-,39-12+,55-51+. The monoisotopic (exact) mass is 1130 g/mol. The first-order chi connectivity index (χ1) is 39.2. The highest BCUT2D eigenvalue weighted by Crippen LogP contribution is 2.23. The van der Waals surface area contributed by atoms with Crippen molar-refractivity contribution in [2.75, 3.05) is 19.8 Å². The summed E-state index contributed by atoms with van der Waals surface area (Å²) in [6.07, 6.45) is 67.6. The molecule has 0 saturated carbocycles. The van der Waals surface area contributed by atoms with Gasteiger partial charge in [0.2, 0.25) is 5.91 Å². The van der Waals surface area contributed by atoms with Crippen molar-refractivity contribution < 1.29 is 49.3 Å². The molecule has 6 N–H and O–H groups in total. The van der Waals surface area contributed by atoms with Crippen LogP contribution in [-0.4, -0.2) is 100 Å². The topological polar surface area (TPSA) is 175 Å². The molecule has 1 aliphatic heterocycles. The molecule has 0 radical (unpaired) electrons. The molecule has 1 amide bonds. The molecule has 11 heteroatoms. The summed E-state index contributed by atoms with van der Waals surface area (Å²) in [5, 5.41) is 54.2. The predicted molar refractivity (Wildman–Crippen MR) is 333 cm³/mol. The van der Waals surface area contributed by atoms with E-state index in [1.165, 1.54) is 186 Å². The average molecular weight is 1130 g/mol. The summed E-state index contributed by atoms with van der Waals surface area (Å²) in [6.45, 7) is 4.23. The first-order valence-corrected chi connectivity index (χ1v) is 33.2. The van der Waals surface area contributed by atoms with Gasteiger partial charge in [-0.3, -0.25) is 9.59 Å². The lowest BCUT2D eigenvalue weighted by Crippen LogP contribution is -2.60. The molecular weight excluding hydrogens is 1000 g/mol. The Labute approximate surface area is 490 Å². The van der Waals surface area contributed by atoms with Crippen molar-refractivity contribution in [1.82, 2.24) is 5.32 Å². The van der Waals surface area contributed by atoms with Gasteiger partial charge in [0.05, 0.1) is 32.0 Å². The van der Waals surface area contributed by atoms with Gasteiger partial charge < -0.3 is 45.1 Å². The molecule has 7 unspecified atom stereocenters. The summed E-state index contributed by atoms with van der Waals surface area (Å²) >= 11 is 0. The van der Waals surface area contributed by atoms with Gasteiger partial charge in [-0.05, 0) is 103 Å². The third-order valence-corrected chi connectivity index (χ3v) is 15.3. The number of rotatable bonds is 57. The summed E-state index contributed by atoms with van der Waals surface area (Å²) in [5.41, 5.74) is 0. The second-order valence-corrected chi connectivity index (χ2v) is 22.8. The summed E-state index contributed by atoms with van der Waals surface area (Å²) < 4.78 is 16.7. The third kappa shape index (κ3) is 46.6. The van der Waals surface area contributed by atoms with Crippen molar-refractivity contribution in [3.63, 3.8) is 0 Å². The van der Waals surface area contributed by atoms with Crippen LogP contribution in [0.5, 0.6) is 0 Å². The molecule has 0 bridgehead atoms. The van der Waals surface area contributed by atoms with Gasteiger partial charge in [-0.15, -0.1) is 0 Å². The van der Waals surface area contributed by atoms with Gasteiger partial charge in [-0.25, -0.2) is 0 Å². The smallest absolute Gasteiger partial charge is 0.305 e. The Morgan fingerprint density at radius 1 is 0.463 bits per heavy atom. The van der Waals surface area contributed by atoms with E-state index in [2.05, 4.69) is 79.9 Å². The number of amides is 1. The summed E-state index contributed by atoms with van der Waals surface area (Å²) in [5.74, 6) is -0.209. The van der Waals surface area contributed by atoms with Gasteiger partial charge in [0.15, 0.2) is 6.29 Å². The zero-order valence-electron chi connectivity index (χ0n) is 51.3. The minimum absolute atomic E-state index is 0.0124. The number of hydrogen-bond donors (Lipinski definition) is 6. The van der Waals surface area contributed by atoms with Gasteiger partial charge in [0.25, 0.3) is 0 Å². The molecule has 80 heavy (non-hydrogen) atoms. The van der Waals surface area contributed by atoms with Crippen LogP contribution in [0, 0.1) is 0 Å². The van der Waals surface area contributed by atoms with E-state index in [0.717, 1.165) is 77.0 Å². The van der Waals surface area contributed by atoms with Crippen LogP contribution in [0.2, 0.25) is 0 Å². The first-order valence-electron chi connectivity index (χ1n) is 33.2. The molecule has 1 heterocycles. The van der Waals surface area contributed by atoms with Gasteiger partial charge >= 0.3 is 5.97 Å². The van der Waals surface area contributed by atoms with E-state index < -0.39 is 49.5 Å². The molecule has 1 rings (SSSR count). The van der Waals surface area contributed by atoms with Gasteiger partial charge in [0.1, 0.15) is 24.4 Å². The fourth-order valence-electron chi connectivity index (χ4n) is 9.97. The number of nitrogens with one attached hydrogen (secondary N) is 1. The fraction of sp³-hybridized carbons (Fsp3) is 0.797. The molecule has 0 spiro atoms. The molecule has 0 aromatic rings. The average Bonchev–Trinajstić information content (AvgIpc) is 3.49. The van der Waals surface area contributed by atoms with Crippen LogP contribution >= 0.6 is 0 Å². The van der Waals surface area contributed by atoms with Crippen LogP contribution < -0.4 is 5.32 Å². The van der Waals surface area contributed by atoms with Crippen molar-refractivity contribution in [2.24, 2.45) is 0 Å². The van der Waals surface area contributed by atoms with E-state index in [1.54, 1.807) is 6.08 Å². The largest absolute Gasteiger partial charge is 0.466 e. The Balaban J connectivity index is 1.96. The number of allylic oxidation sites excluding steroid dienone is 11. The van der Waals surface area contributed by atoms with E-state index in [0.29, 0.717) is 19.4 Å². The Morgan fingerprint density at radius 3 is 1.35 bits per heavy atom. The molecular formula is C69H123NO10. The second-order valence-electron chi connectivity index (χ2n) is 22.8. The normalized spacial score (nSPS) is 18.8. The van der Waals surface area contributed by atoms with E-state index >= 15 is 0 Å². The zero-order valence-corrected chi connectivity index (χ0v) is 51.3. The van der Waals surface area contributed by atoms with Crippen molar-refractivity contribution in [2.45, 2.75) is 333 Å². The lowest BCUT2D eigenvalue weighted by atomic mass is 9.99. The second kappa shape index (κ2) is 57.9. The molecule has 11 nitrogen and oxygen atoms in total. The Kier molecular flexibility index (Phi) is 54.4. The minimum atomic E-state index is -1.58. The van der Waals surface area contributed by atoms with E-state index in [1.807, 2.05) is 6.08 Å². The Morgan fingerprint density at radius 2 is 0.863 bits per heavy atom. The highest BCUT2D eigenvalue weighted by Gasteiger charge is 2.44. The third-order valence-electron chi connectivity index (χ3n) is 15.3. The molecule has 0 aromatic heterocycles. The van der Waals surface area contributed by atoms with E-state index in [-0.39, 0.29) is 18.5 Å². The number of unbranched alkanes of at least 4 members (excludes halogenated alkanes) is 33. The van der Waals surface area contributed by atoms with Gasteiger partial charge in [-0.1, -0.05) is 247 Å². The SMILES string of the molecule is CCCC/C=C\C/C=C\CCCCCCCC(=O)OCCCCCCCCCCC/C=C\C/C=C\CCCCCCCCCCCCCCCC(=O)NC(COC1OC(CO)C(O)C(O)C1O)C(O)/C=C/CC/C=C/CCCCC. The summed E-state index contributed by atoms with van der Waals surface area (Å²) in [4.78, 5) is 25.0. The quantitative estimate of drug-likeness (QED) is 0.0195. The zero-order chi connectivity index (χ0) is 58.0. The van der Waals surface area contributed by atoms with Gasteiger partial charge in [0, 0.05) is 12.8 Å². The van der Waals surface area contributed by atoms with Crippen molar-refractivity contribution in [3.05, 3.63) is 72.9 Å². The number of carbonyl (C=O) groups is 2. The van der Waals surface area contributed by atoms with Gasteiger partial charge in [-0.2, -0.15) is 0 Å². The molecule has 0 aliphatic carbocycles. The highest BCUT2D eigenvalue weighted by molar-refractivity contribution is 5.76. The van der Waals surface area contributed by atoms with Crippen LogP contribution in [0.15, 0.2) is 72.9 Å². The predicted octanol–water partition coefficient (Wildman–Crippen LogP) is 16.3. The minimum Gasteiger partial charge on any atom is -0.466 e. The Hall–Kier alpha value is -2.90. The van der Waals surface area contributed by atoms with Crippen LogP contribution in [0.1, 0.15) is 290 Å². The number of aliphatic hydroxyl groups is 5. The van der Waals surface area contributed by atoms with Crippen LogP contribution in [-0.2, 0) is 23.8 Å². The van der Waals surface area contributed by atoms with Crippen molar-refractivity contribution in [1.29, 1.82) is 0 Å². The number of hydrogen-bond acceptors (Lipinski definition) is 10. The number of esters is 1. The van der Waals surface area contributed by atoms with Crippen molar-refractivity contribution >= 4 is 11.9 Å². The maximum absolute atomic E-state index is 13.0. The Bertz CT molecular complexity index is 1560. The summed E-state index contributed by atoms with van der Waals surface area (Å²) in [7, 11) is 0. The molecule has 1 fully saturated rings. The number of carbonyl (C=O) groups excluding carboxylic acids is 2. The van der Waals surface area contributed by atoms with E-state index in [4.69, 9.17) is 14.2 Å². The molecule has 464 valence electrons. The van der Waals surface area contributed by atoms with Crippen LogP contribution in [0.25, 0.3) is 0 Å². The summed E-state index contributed by atoms with van der Waals surface area (Å²) in [6, 6.07) is -0.828. The fourth-order valence-corrected chi connectivity index (χ4v) is 9.97. The molecule has 7 atom stereocenters. The first kappa shape index (κ1) is 75.1. The molecule has 1 aliphatic rings. The number of ether oxygens (including phenoxy) is 3. The van der Waals surface area contributed by atoms with Crippen LogP contribution in [0.3, 0.4) is 0 Å². The molecule has 0 aromatic carbocycles. The van der Waals surface area contributed by atoms with Crippen molar-refractivity contribution in [3.8, 4) is 0 Å². The number of aliphatic hydroxyl groups excluding tert-OH is 5. The maximum Gasteiger partial charge on any atom is 0.305 e. The lowest BCUT2D eigenvalue weighted by Gasteiger charge is -2.40. The molecule has 1 saturated heterocycles.